The van der Waals surface area contributed by atoms with Crippen molar-refractivity contribution in [3.05, 3.63) is 47.7 Å². The third-order valence-corrected chi connectivity index (χ3v) is 4.05. The van der Waals surface area contributed by atoms with Gasteiger partial charge in [-0.25, -0.2) is 0 Å². The Labute approximate surface area is 130 Å². The highest BCUT2D eigenvalue weighted by atomic mass is 16.5. The summed E-state index contributed by atoms with van der Waals surface area (Å²) in [6, 6.07) is 12.2. The van der Waals surface area contributed by atoms with Gasteiger partial charge < -0.3 is 10.2 Å². The lowest BCUT2D eigenvalue weighted by Crippen LogP contribution is -2.28. The number of hydrogen-bond donors (Lipinski definition) is 2. The van der Waals surface area contributed by atoms with Gasteiger partial charge in [-0.3, -0.25) is 10.2 Å². The SMILES string of the molecule is CCOc1ccc2c(/C=C3\NNC(=O)C3(C)C)cccc2c1. The minimum absolute atomic E-state index is 0.0161. The van der Waals surface area contributed by atoms with Crippen molar-refractivity contribution in [2.75, 3.05) is 6.61 Å². The first kappa shape index (κ1) is 14.4. The van der Waals surface area contributed by atoms with Crippen molar-refractivity contribution in [1.29, 1.82) is 0 Å². The second-order valence-electron chi connectivity index (χ2n) is 5.93. The molecule has 0 aromatic heterocycles. The molecule has 0 bridgehead atoms. The first-order valence-corrected chi connectivity index (χ1v) is 7.46. The van der Waals surface area contributed by atoms with Crippen LogP contribution >= 0.6 is 0 Å². The summed E-state index contributed by atoms with van der Waals surface area (Å²) in [5, 5.41) is 2.26. The quantitative estimate of drug-likeness (QED) is 0.914. The number of carbonyl (C=O) groups is 1. The normalized spacial score (nSPS) is 18.3. The summed E-state index contributed by atoms with van der Waals surface area (Å²) in [6.45, 7) is 6.45. The minimum atomic E-state index is -0.548. The fourth-order valence-electron chi connectivity index (χ4n) is 2.60. The lowest BCUT2D eigenvalue weighted by atomic mass is 9.88. The Balaban J connectivity index is 2.07. The van der Waals surface area contributed by atoms with Gasteiger partial charge >= 0.3 is 0 Å². The number of fused-ring (bicyclic) bond motifs is 1. The predicted octanol–water partition coefficient (Wildman–Crippen LogP) is 3.24. The number of amides is 1. The average molecular weight is 296 g/mol. The summed E-state index contributed by atoms with van der Waals surface area (Å²) in [6.07, 6.45) is 2.03. The standard InChI is InChI=1S/C18H20N2O2/c1-4-22-14-8-9-15-12(10-14)6-5-7-13(15)11-16-18(2,3)17(21)20-19-16/h5-11,19H,4H2,1-3H3,(H,20,21)/b16-11-. The largest absolute Gasteiger partial charge is 0.494 e. The van der Waals surface area contributed by atoms with Crippen molar-refractivity contribution in [3.63, 3.8) is 0 Å². The molecule has 1 fully saturated rings. The number of ether oxygens (including phenoxy) is 1. The van der Waals surface area contributed by atoms with Crippen molar-refractivity contribution in [2.45, 2.75) is 20.8 Å². The van der Waals surface area contributed by atoms with Crippen LogP contribution in [0.15, 0.2) is 42.1 Å². The van der Waals surface area contributed by atoms with Gasteiger partial charge in [0.2, 0.25) is 5.91 Å². The molecule has 1 aliphatic rings. The Morgan fingerprint density at radius 3 is 2.68 bits per heavy atom. The second kappa shape index (κ2) is 5.37. The summed E-state index contributed by atoms with van der Waals surface area (Å²) in [7, 11) is 0. The molecular weight excluding hydrogens is 276 g/mol. The Morgan fingerprint density at radius 2 is 2.00 bits per heavy atom. The summed E-state index contributed by atoms with van der Waals surface area (Å²) >= 11 is 0. The molecule has 1 aliphatic heterocycles. The van der Waals surface area contributed by atoms with E-state index >= 15 is 0 Å². The molecule has 0 radical (unpaired) electrons. The molecule has 0 spiro atoms. The zero-order valence-electron chi connectivity index (χ0n) is 13.1. The molecule has 2 N–H and O–H groups in total. The number of rotatable bonds is 3. The zero-order valence-corrected chi connectivity index (χ0v) is 13.1. The van der Waals surface area contributed by atoms with Crippen molar-refractivity contribution >= 4 is 22.8 Å². The van der Waals surface area contributed by atoms with Gasteiger partial charge in [0.1, 0.15) is 5.75 Å². The molecule has 22 heavy (non-hydrogen) atoms. The van der Waals surface area contributed by atoms with Crippen LogP contribution in [0.2, 0.25) is 0 Å². The van der Waals surface area contributed by atoms with Gasteiger partial charge in [-0.15, -0.1) is 0 Å². The van der Waals surface area contributed by atoms with Crippen LogP contribution in [0.4, 0.5) is 0 Å². The highest BCUT2D eigenvalue weighted by Crippen LogP contribution is 2.32. The van der Waals surface area contributed by atoms with E-state index in [-0.39, 0.29) is 5.91 Å². The van der Waals surface area contributed by atoms with E-state index in [1.807, 2.05) is 45.0 Å². The molecular formula is C18H20N2O2. The summed E-state index contributed by atoms with van der Waals surface area (Å²) < 4.78 is 5.55. The van der Waals surface area contributed by atoms with Gasteiger partial charge in [-0.05, 0) is 55.3 Å². The van der Waals surface area contributed by atoms with Crippen molar-refractivity contribution in [2.24, 2.45) is 5.41 Å². The van der Waals surface area contributed by atoms with E-state index in [1.165, 1.54) is 0 Å². The first-order valence-electron chi connectivity index (χ1n) is 7.46. The molecule has 4 heteroatoms. The number of carbonyl (C=O) groups excluding carboxylic acids is 1. The van der Waals surface area contributed by atoms with Crippen LogP contribution in [-0.2, 0) is 4.79 Å². The molecule has 2 aromatic rings. The van der Waals surface area contributed by atoms with E-state index in [0.717, 1.165) is 27.8 Å². The fourth-order valence-corrected chi connectivity index (χ4v) is 2.60. The van der Waals surface area contributed by atoms with E-state index in [2.05, 4.69) is 29.1 Å². The number of benzene rings is 2. The van der Waals surface area contributed by atoms with E-state index in [4.69, 9.17) is 4.74 Å². The lowest BCUT2D eigenvalue weighted by Gasteiger charge is -2.15. The number of hydrazine groups is 1. The van der Waals surface area contributed by atoms with Crippen LogP contribution in [0, 0.1) is 5.41 Å². The van der Waals surface area contributed by atoms with Crippen LogP contribution in [-0.4, -0.2) is 12.5 Å². The molecule has 0 atom stereocenters. The smallest absolute Gasteiger partial charge is 0.249 e. The second-order valence-corrected chi connectivity index (χ2v) is 5.93. The molecule has 114 valence electrons. The molecule has 0 aliphatic carbocycles. The van der Waals surface area contributed by atoms with Gasteiger partial charge in [0.15, 0.2) is 0 Å². The Kier molecular flexibility index (Phi) is 3.53. The third kappa shape index (κ3) is 2.41. The molecule has 0 saturated carbocycles. The Morgan fingerprint density at radius 1 is 1.18 bits per heavy atom. The maximum atomic E-state index is 11.8. The van der Waals surface area contributed by atoms with Gasteiger partial charge in [0.25, 0.3) is 0 Å². The number of nitrogens with one attached hydrogen (secondary N) is 2. The average Bonchev–Trinajstić information content (AvgIpc) is 2.74. The first-order chi connectivity index (χ1) is 10.5. The van der Waals surface area contributed by atoms with Crippen LogP contribution in [0.5, 0.6) is 5.75 Å². The van der Waals surface area contributed by atoms with E-state index in [0.29, 0.717) is 6.61 Å². The summed E-state index contributed by atoms with van der Waals surface area (Å²) in [5.74, 6) is 0.855. The zero-order chi connectivity index (χ0) is 15.7. The van der Waals surface area contributed by atoms with Crippen molar-refractivity contribution in [3.8, 4) is 5.75 Å². The van der Waals surface area contributed by atoms with Gasteiger partial charge in [0, 0.05) is 5.70 Å². The molecule has 0 unspecified atom stereocenters. The van der Waals surface area contributed by atoms with Gasteiger partial charge in [-0.2, -0.15) is 0 Å². The molecule has 1 amide bonds. The Hall–Kier alpha value is -2.49. The van der Waals surface area contributed by atoms with Crippen LogP contribution in [0.3, 0.4) is 0 Å². The summed E-state index contributed by atoms with van der Waals surface area (Å²) in [4.78, 5) is 11.8. The molecule has 1 saturated heterocycles. The van der Waals surface area contributed by atoms with E-state index in [1.54, 1.807) is 0 Å². The number of hydrogen-bond acceptors (Lipinski definition) is 3. The molecule has 1 heterocycles. The van der Waals surface area contributed by atoms with E-state index < -0.39 is 5.41 Å². The fraction of sp³-hybridized carbons (Fsp3) is 0.278. The van der Waals surface area contributed by atoms with Crippen LogP contribution < -0.4 is 15.6 Å². The van der Waals surface area contributed by atoms with Gasteiger partial charge in [-0.1, -0.05) is 24.3 Å². The maximum absolute atomic E-state index is 11.8. The highest BCUT2D eigenvalue weighted by molar-refractivity contribution is 5.94. The van der Waals surface area contributed by atoms with Gasteiger partial charge in [0.05, 0.1) is 12.0 Å². The minimum Gasteiger partial charge on any atom is -0.494 e. The lowest BCUT2D eigenvalue weighted by molar-refractivity contribution is -0.125. The van der Waals surface area contributed by atoms with E-state index in [9.17, 15) is 4.79 Å². The van der Waals surface area contributed by atoms with Crippen molar-refractivity contribution < 1.29 is 9.53 Å². The molecule has 2 aromatic carbocycles. The summed E-state index contributed by atoms with van der Waals surface area (Å²) in [5.41, 5.74) is 7.06. The Bertz CT molecular complexity index is 763. The van der Waals surface area contributed by atoms with Crippen molar-refractivity contribution in [1.82, 2.24) is 10.9 Å². The maximum Gasteiger partial charge on any atom is 0.249 e. The third-order valence-electron chi connectivity index (χ3n) is 4.05. The monoisotopic (exact) mass is 296 g/mol. The predicted molar refractivity (Wildman–Crippen MR) is 88.2 cm³/mol. The van der Waals surface area contributed by atoms with Crippen LogP contribution in [0.25, 0.3) is 16.8 Å². The topological polar surface area (TPSA) is 50.4 Å². The molecule has 4 nitrogen and oxygen atoms in total. The molecule has 3 rings (SSSR count). The van der Waals surface area contributed by atoms with Crippen LogP contribution in [0.1, 0.15) is 26.3 Å². The highest BCUT2D eigenvalue weighted by Gasteiger charge is 2.37.